The highest BCUT2D eigenvalue weighted by Gasteiger charge is 2.26. The Labute approximate surface area is 107 Å². The lowest BCUT2D eigenvalue weighted by Crippen LogP contribution is -2.47. The molecule has 2 rings (SSSR count). The lowest BCUT2D eigenvalue weighted by atomic mass is 10.0. The standard InChI is InChI=1S/C12H22N2O2S/c1-2-16-12(15)14-6-3-10(4-7-14)13-11-5-8-17-9-11/h10-11,13H,2-9H2,1H3. The molecular formula is C12H22N2O2S. The summed E-state index contributed by atoms with van der Waals surface area (Å²) in [7, 11) is 0. The summed E-state index contributed by atoms with van der Waals surface area (Å²) in [5, 5.41) is 3.71. The molecule has 2 fully saturated rings. The first-order valence-electron chi connectivity index (χ1n) is 6.55. The average Bonchev–Trinajstić information content (AvgIpc) is 2.83. The van der Waals surface area contributed by atoms with Gasteiger partial charge in [0.05, 0.1) is 6.61 Å². The number of likely N-dealkylation sites (tertiary alicyclic amines) is 1. The average molecular weight is 258 g/mol. The summed E-state index contributed by atoms with van der Waals surface area (Å²) in [6.07, 6.45) is 3.25. The Kier molecular flexibility index (Phi) is 4.98. The van der Waals surface area contributed by atoms with Crippen LogP contribution in [0.3, 0.4) is 0 Å². The van der Waals surface area contributed by atoms with Gasteiger partial charge in [0.1, 0.15) is 0 Å². The largest absolute Gasteiger partial charge is 0.450 e. The number of piperidine rings is 1. The van der Waals surface area contributed by atoms with Crippen LogP contribution in [0.15, 0.2) is 0 Å². The highest BCUT2D eigenvalue weighted by molar-refractivity contribution is 7.99. The van der Waals surface area contributed by atoms with Gasteiger partial charge in [-0.15, -0.1) is 0 Å². The Morgan fingerprint density at radius 1 is 1.35 bits per heavy atom. The van der Waals surface area contributed by atoms with Gasteiger partial charge < -0.3 is 15.0 Å². The van der Waals surface area contributed by atoms with E-state index in [1.165, 1.54) is 17.9 Å². The Bertz CT molecular complexity index is 249. The van der Waals surface area contributed by atoms with Gasteiger partial charge in [0.25, 0.3) is 0 Å². The fourth-order valence-corrected chi connectivity index (χ4v) is 3.61. The summed E-state index contributed by atoms with van der Waals surface area (Å²) in [5.74, 6) is 2.54. The molecular weight excluding hydrogens is 236 g/mol. The van der Waals surface area contributed by atoms with E-state index in [0.29, 0.717) is 18.7 Å². The lowest BCUT2D eigenvalue weighted by molar-refractivity contribution is 0.0944. The normalized spacial score (nSPS) is 26.2. The van der Waals surface area contributed by atoms with Crippen LogP contribution in [0.2, 0.25) is 0 Å². The summed E-state index contributed by atoms with van der Waals surface area (Å²) in [5.41, 5.74) is 0. The number of carbonyl (C=O) groups is 1. The zero-order valence-electron chi connectivity index (χ0n) is 10.5. The molecule has 17 heavy (non-hydrogen) atoms. The first-order valence-corrected chi connectivity index (χ1v) is 7.70. The van der Waals surface area contributed by atoms with Crippen LogP contribution >= 0.6 is 11.8 Å². The molecule has 0 aromatic heterocycles. The molecule has 0 aromatic rings. The summed E-state index contributed by atoms with van der Waals surface area (Å²) >= 11 is 2.04. The van der Waals surface area contributed by atoms with Crippen LogP contribution in [0.5, 0.6) is 0 Å². The van der Waals surface area contributed by atoms with E-state index in [9.17, 15) is 4.79 Å². The van der Waals surface area contributed by atoms with Crippen molar-refractivity contribution in [2.45, 2.75) is 38.3 Å². The molecule has 0 saturated carbocycles. The highest BCUT2D eigenvalue weighted by Crippen LogP contribution is 2.20. The number of hydrogen-bond acceptors (Lipinski definition) is 4. The van der Waals surface area contributed by atoms with Gasteiger partial charge >= 0.3 is 6.09 Å². The van der Waals surface area contributed by atoms with Crippen LogP contribution < -0.4 is 5.32 Å². The fourth-order valence-electron chi connectivity index (χ4n) is 2.44. The third kappa shape index (κ3) is 3.78. The van der Waals surface area contributed by atoms with Crippen molar-refractivity contribution in [3.8, 4) is 0 Å². The minimum atomic E-state index is -0.151. The van der Waals surface area contributed by atoms with Gasteiger partial charge in [-0.05, 0) is 31.9 Å². The zero-order chi connectivity index (χ0) is 12.1. The number of amides is 1. The molecule has 1 unspecified atom stereocenters. The molecule has 1 atom stereocenters. The van der Waals surface area contributed by atoms with E-state index >= 15 is 0 Å². The summed E-state index contributed by atoms with van der Waals surface area (Å²) in [6, 6.07) is 1.28. The molecule has 4 nitrogen and oxygen atoms in total. The van der Waals surface area contributed by atoms with Crippen LogP contribution in [0.1, 0.15) is 26.2 Å². The van der Waals surface area contributed by atoms with Gasteiger partial charge in [-0.25, -0.2) is 4.79 Å². The Morgan fingerprint density at radius 3 is 2.71 bits per heavy atom. The molecule has 0 aromatic carbocycles. The molecule has 1 amide bonds. The molecule has 2 aliphatic heterocycles. The molecule has 1 N–H and O–H groups in total. The molecule has 0 radical (unpaired) electrons. The maximum Gasteiger partial charge on any atom is 0.409 e. The Morgan fingerprint density at radius 2 is 2.12 bits per heavy atom. The number of nitrogens with one attached hydrogen (secondary N) is 1. The van der Waals surface area contributed by atoms with Gasteiger partial charge in [-0.1, -0.05) is 0 Å². The van der Waals surface area contributed by atoms with Crippen molar-refractivity contribution in [1.29, 1.82) is 0 Å². The van der Waals surface area contributed by atoms with Gasteiger partial charge in [0.2, 0.25) is 0 Å². The fraction of sp³-hybridized carbons (Fsp3) is 0.917. The summed E-state index contributed by atoms with van der Waals surface area (Å²) in [6.45, 7) is 3.98. The molecule has 0 spiro atoms. The van der Waals surface area contributed by atoms with Crippen LogP contribution in [-0.4, -0.2) is 54.3 Å². The highest BCUT2D eigenvalue weighted by atomic mass is 32.2. The van der Waals surface area contributed by atoms with E-state index in [1.807, 2.05) is 23.6 Å². The Hall–Kier alpha value is -0.420. The quantitative estimate of drug-likeness (QED) is 0.836. The number of hydrogen-bond donors (Lipinski definition) is 1. The minimum Gasteiger partial charge on any atom is -0.450 e. The van der Waals surface area contributed by atoms with Crippen LogP contribution in [-0.2, 0) is 4.74 Å². The minimum absolute atomic E-state index is 0.151. The predicted molar refractivity (Wildman–Crippen MR) is 70.5 cm³/mol. The van der Waals surface area contributed by atoms with Crippen molar-refractivity contribution in [1.82, 2.24) is 10.2 Å². The number of rotatable bonds is 3. The Balaban J connectivity index is 1.68. The molecule has 2 aliphatic rings. The van der Waals surface area contributed by atoms with Gasteiger partial charge in [-0.3, -0.25) is 0 Å². The maximum absolute atomic E-state index is 11.5. The summed E-state index contributed by atoms with van der Waals surface area (Å²) in [4.78, 5) is 13.4. The molecule has 2 heterocycles. The van der Waals surface area contributed by atoms with Crippen molar-refractivity contribution >= 4 is 17.9 Å². The van der Waals surface area contributed by atoms with Crippen LogP contribution in [0.4, 0.5) is 4.79 Å². The van der Waals surface area contributed by atoms with Crippen molar-refractivity contribution < 1.29 is 9.53 Å². The number of carbonyl (C=O) groups excluding carboxylic acids is 1. The van der Waals surface area contributed by atoms with E-state index in [2.05, 4.69) is 5.32 Å². The van der Waals surface area contributed by atoms with E-state index < -0.39 is 0 Å². The molecule has 0 aliphatic carbocycles. The second-order valence-corrected chi connectivity index (χ2v) is 5.84. The van der Waals surface area contributed by atoms with E-state index in [1.54, 1.807) is 0 Å². The third-order valence-corrected chi connectivity index (χ3v) is 4.58. The second-order valence-electron chi connectivity index (χ2n) is 4.69. The molecule has 2 saturated heterocycles. The van der Waals surface area contributed by atoms with Crippen LogP contribution in [0, 0.1) is 0 Å². The van der Waals surface area contributed by atoms with Crippen LogP contribution in [0.25, 0.3) is 0 Å². The third-order valence-electron chi connectivity index (χ3n) is 3.42. The van der Waals surface area contributed by atoms with Gasteiger partial charge in [0, 0.05) is 30.9 Å². The topological polar surface area (TPSA) is 41.6 Å². The number of thioether (sulfide) groups is 1. The SMILES string of the molecule is CCOC(=O)N1CCC(NC2CCSC2)CC1. The first-order chi connectivity index (χ1) is 8.29. The molecule has 5 heteroatoms. The monoisotopic (exact) mass is 258 g/mol. The predicted octanol–water partition coefficient (Wildman–Crippen LogP) is 1.70. The second kappa shape index (κ2) is 6.50. The van der Waals surface area contributed by atoms with Crippen molar-refractivity contribution in [2.24, 2.45) is 0 Å². The van der Waals surface area contributed by atoms with E-state index in [-0.39, 0.29) is 6.09 Å². The zero-order valence-corrected chi connectivity index (χ0v) is 11.3. The molecule has 0 bridgehead atoms. The smallest absolute Gasteiger partial charge is 0.409 e. The first kappa shape index (κ1) is 13.0. The summed E-state index contributed by atoms with van der Waals surface area (Å²) < 4.78 is 5.01. The maximum atomic E-state index is 11.5. The van der Waals surface area contributed by atoms with Crippen molar-refractivity contribution in [3.05, 3.63) is 0 Å². The lowest BCUT2D eigenvalue weighted by Gasteiger charge is -2.33. The van der Waals surface area contributed by atoms with E-state index in [4.69, 9.17) is 4.74 Å². The van der Waals surface area contributed by atoms with Crippen molar-refractivity contribution in [2.75, 3.05) is 31.2 Å². The number of ether oxygens (including phenoxy) is 1. The van der Waals surface area contributed by atoms with Crippen molar-refractivity contribution in [3.63, 3.8) is 0 Å². The van der Waals surface area contributed by atoms with E-state index in [0.717, 1.165) is 25.9 Å². The van der Waals surface area contributed by atoms with Gasteiger partial charge in [-0.2, -0.15) is 11.8 Å². The van der Waals surface area contributed by atoms with Gasteiger partial charge in [0.15, 0.2) is 0 Å². The molecule has 98 valence electrons. The number of nitrogens with zero attached hydrogens (tertiary/aromatic N) is 1.